The molecule has 0 amide bonds. The summed E-state index contributed by atoms with van der Waals surface area (Å²) in [6.07, 6.45) is 1.53. The van der Waals surface area contributed by atoms with Gasteiger partial charge in [-0.1, -0.05) is 31.5 Å². The number of fused-ring (bicyclic) bond motifs is 5. The van der Waals surface area contributed by atoms with Crippen molar-refractivity contribution in [3.05, 3.63) is 40.1 Å². The zero-order valence-electron chi connectivity index (χ0n) is 18.1. The number of allylic oxidation sites excluding steroid dienone is 1. The molecule has 2 saturated heterocycles. The average Bonchev–Trinajstić information content (AvgIpc) is 3.26. The second-order valence-corrected chi connectivity index (χ2v) is 9.15. The number of esters is 1. The number of carbonyl (C=O) groups is 2. The monoisotopic (exact) mass is 398 g/mol. The first kappa shape index (κ1) is 20.3. The zero-order valence-corrected chi connectivity index (χ0v) is 18.1. The number of carbonyl (C=O) groups excluding carboxylic acids is 2. The molecule has 2 heterocycles. The smallest absolute Gasteiger partial charge is 0.313 e. The van der Waals surface area contributed by atoms with Crippen LogP contribution in [-0.4, -0.2) is 37.2 Å². The molecule has 1 aromatic carbocycles. The molecule has 5 nitrogen and oxygen atoms in total. The van der Waals surface area contributed by atoms with Gasteiger partial charge in [-0.3, -0.25) is 9.59 Å². The van der Waals surface area contributed by atoms with E-state index in [1.807, 2.05) is 34.6 Å². The molecule has 0 spiro atoms. The first-order valence-electron chi connectivity index (χ1n) is 10.4. The first-order chi connectivity index (χ1) is 13.7. The summed E-state index contributed by atoms with van der Waals surface area (Å²) in [7, 11) is 1.64. The van der Waals surface area contributed by atoms with Gasteiger partial charge in [0.2, 0.25) is 0 Å². The number of methoxy groups -OCH3 is 1. The summed E-state index contributed by atoms with van der Waals surface area (Å²) in [6, 6.07) is 4.16. The summed E-state index contributed by atoms with van der Waals surface area (Å²) in [5.74, 6) is -0.620. The molecule has 2 fully saturated rings. The van der Waals surface area contributed by atoms with E-state index >= 15 is 0 Å². The maximum absolute atomic E-state index is 13.8. The highest BCUT2D eigenvalue weighted by atomic mass is 16.6. The van der Waals surface area contributed by atoms with Gasteiger partial charge >= 0.3 is 5.97 Å². The molecule has 3 aliphatic rings. The Labute approximate surface area is 172 Å². The minimum atomic E-state index is -0.620. The lowest BCUT2D eigenvalue weighted by atomic mass is 9.72. The topological polar surface area (TPSA) is 61.8 Å². The lowest BCUT2D eigenvalue weighted by molar-refractivity contribution is -0.144. The summed E-state index contributed by atoms with van der Waals surface area (Å²) in [6.45, 7) is 10.1. The minimum absolute atomic E-state index is 0.0239. The summed E-state index contributed by atoms with van der Waals surface area (Å²) in [4.78, 5) is 26.4. The van der Waals surface area contributed by atoms with Crippen LogP contribution in [0.2, 0.25) is 0 Å². The molecular formula is C24H30O5. The van der Waals surface area contributed by atoms with Crippen molar-refractivity contribution in [1.82, 2.24) is 0 Å². The quantitative estimate of drug-likeness (QED) is 0.704. The van der Waals surface area contributed by atoms with Gasteiger partial charge in [0.1, 0.15) is 11.4 Å². The second-order valence-electron chi connectivity index (χ2n) is 9.15. The van der Waals surface area contributed by atoms with Crippen LogP contribution in [0.15, 0.2) is 17.9 Å². The number of hydrogen-bond acceptors (Lipinski definition) is 5. The number of ether oxygens (including phenoxy) is 3. The van der Waals surface area contributed by atoms with Crippen molar-refractivity contribution < 1.29 is 23.8 Å². The van der Waals surface area contributed by atoms with Gasteiger partial charge in [-0.05, 0) is 50.3 Å². The number of rotatable bonds is 5. The van der Waals surface area contributed by atoms with E-state index in [1.54, 1.807) is 7.11 Å². The molecule has 1 aromatic rings. The van der Waals surface area contributed by atoms with Gasteiger partial charge in [0.05, 0.1) is 36.0 Å². The molecule has 5 heteroatoms. The van der Waals surface area contributed by atoms with Crippen LogP contribution in [-0.2, 0) is 23.8 Å². The van der Waals surface area contributed by atoms with Gasteiger partial charge in [-0.15, -0.1) is 0 Å². The number of Topliss-reactive ketones (excluding diaryl/α,β-unsaturated/α-hetero) is 1. The molecule has 0 N–H and O–H groups in total. The van der Waals surface area contributed by atoms with Crippen LogP contribution in [0.5, 0.6) is 0 Å². The lowest BCUT2D eigenvalue weighted by Gasteiger charge is -2.31. The summed E-state index contributed by atoms with van der Waals surface area (Å²) in [5.41, 5.74) is 4.05. The van der Waals surface area contributed by atoms with Crippen molar-refractivity contribution >= 4 is 17.3 Å². The van der Waals surface area contributed by atoms with E-state index < -0.39 is 5.60 Å². The fourth-order valence-electron chi connectivity index (χ4n) is 5.60. The molecule has 4 rings (SSSR count). The molecule has 0 saturated carbocycles. The molecule has 2 bridgehead atoms. The molecule has 0 radical (unpaired) electrons. The molecule has 29 heavy (non-hydrogen) atoms. The normalized spacial score (nSPS) is 30.4. The Kier molecular flexibility index (Phi) is 4.94. The first-order valence-corrected chi connectivity index (χ1v) is 10.4. The van der Waals surface area contributed by atoms with Crippen molar-refractivity contribution in [2.24, 2.45) is 17.8 Å². The highest BCUT2D eigenvalue weighted by molar-refractivity contribution is 6.26. The van der Waals surface area contributed by atoms with Crippen molar-refractivity contribution in [2.45, 2.75) is 59.2 Å². The maximum atomic E-state index is 13.8. The van der Waals surface area contributed by atoms with Crippen LogP contribution in [0.4, 0.5) is 0 Å². The fraction of sp³-hybridized carbons (Fsp3) is 0.583. The average molecular weight is 398 g/mol. The number of benzene rings is 1. The van der Waals surface area contributed by atoms with E-state index in [0.717, 1.165) is 35.1 Å². The molecule has 2 aliphatic heterocycles. The van der Waals surface area contributed by atoms with E-state index in [0.29, 0.717) is 17.9 Å². The summed E-state index contributed by atoms with van der Waals surface area (Å²) in [5, 5.41) is 0. The minimum Gasteiger partial charge on any atom is -0.430 e. The van der Waals surface area contributed by atoms with E-state index in [9.17, 15) is 9.59 Å². The highest BCUT2D eigenvalue weighted by Crippen LogP contribution is 2.60. The Bertz CT molecular complexity index is 889. The van der Waals surface area contributed by atoms with Gasteiger partial charge in [0, 0.05) is 7.11 Å². The Balaban J connectivity index is 1.89. The number of ketones is 1. The van der Waals surface area contributed by atoms with E-state index in [4.69, 9.17) is 14.2 Å². The van der Waals surface area contributed by atoms with Gasteiger partial charge in [0.15, 0.2) is 5.78 Å². The largest absolute Gasteiger partial charge is 0.430 e. The van der Waals surface area contributed by atoms with Crippen molar-refractivity contribution in [3.63, 3.8) is 0 Å². The third-order valence-electron chi connectivity index (χ3n) is 6.64. The van der Waals surface area contributed by atoms with Crippen molar-refractivity contribution in [2.75, 3.05) is 13.7 Å². The molecule has 0 aromatic heterocycles. The van der Waals surface area contributed by atoms with E-state index in [-0.39, 0.29) is 35.6 Å². The van der Waals surface area contributed by atoms with Gasteiger partial charge in [-0.2, -0.15) is 0 Å². The Morgan fingerprint density at radius 3 is 2.48 bits per heavy atom. The molecule has 1 aliphatic carbocycles. The highest BCUT2D eigenvalue weighted by Gasteiger charge is 2.67. The third kappa shape index (κ3) is 2.98. The van der Waals surface area contributed by atoms with Gasteiger partial charge < -0.3 is 14.2 Å². The zero-order chi connectivity index (χ0) is 21.1. The maximum Gasteiger partial charge on any atom is 0.313 e. The summed E-state index contributed by atoms with van der Waals surface area (Å²) < 4.78 is 17.7. The summed E-state index contributed by atoms with van der Waals surface area (Å²) >= 11 is 0. The predicted molar refractivity (Wildman–Crippen MR) is 109 cm³/mol. The number of aryl methyl sites for hydroxylation is 3. The van der Waals surface area contributed by atoms with Crippen LogP contribution < -0.4 is 0 Å². The van der Waals surface area contributed by atoms with Gasteiger partial charge in [0.25, 0.3) is 0 Å². The van der Waals surface area contributed by atoms with Crippen LogP contribution in [0, 0.1) is 38.5 Å². The van der Waals surface area contributed by atoms with E-state index in [2.05, 4.69) is 12.1 Å². The van der Waals surface area contributed by atoms with Crippen LogP contribution in [0.1, 0.15) is 48.9 Å². The van der Waals surface area contributed by atoms with Crippen LogP contribution >= 0.6 is 0 Å². The van der Waals surface area contributed by atoms with Gasteiger partial charge in [-0.25, -0.2) is 0 Å². The third-order valence-corrected chi connectivity index (χ3v) is 6.64. The Morgan fingerprint density at radius 1 is 1.24 bits per heavy atom. The van der Waals surface area contributed by atoms with Crippen molar-refractivity contribution in [3.8, 4) is 0 Å². The fourth-order valence-corrected chi connectivity index (χ4v) is 5.60. The predicted octanol–water partition coefficient (Wildman–Crippen LogP) is 3.92. The Hall–Kier alpha value is -1.98. The SMILES string of the molecule is COCC12CC[C@H](O1)[C@@H]1C(OC(=O)C(C)C)=C(c3c(C)cc(C)cc3C)C(=O)[C@@H]12. The van der Waals surface area contributed by atoms with Crippen LogP contribution in [0.25, 0.3) is 5.57 Å². The standard InChI is InChI=1S/C24H30O5/c1-12(2)23(26)28-22-18-16-7-8-24(29-16,11-27-6)20(18)21(25)19(22)17-14(4)9-13(3)10-15(17)5/h9-10,12,16,18,20H,7-8,11H2,1-6H3/t16-,18-,20+,24?/m0/s1. The van der Waals surface area contributed by atoms with E-state index in [1.165, 1.54) is 0 Å². The second kappa shape index (κ2) is 7.06. The van der Waals surface area contributed by atoms with Crippen LogP contribution in [0.3, 0.4) is 0 Å². The number of hydrogen-bond donors (Lipinski definition) is 0. The van der Waals surface area contributed by atoms with Crippen molar-refractivity contribution in [1.29, 1.82) is 0 Å². The molecule has 4 atom stereocenters. The molecular weight excluding hydrogens is 368 g/mol. The molecule has 156 valence electrons. The molecule has 1 unspecified atom stereocenters. The lowest BCUT2D eigenvalue weighted by Crippen LogP contribution is -2.44. The Morgan fingerprint density at radius 2 is 1.90 bits per heavy atom.